The van der Waals surface area contributed by atoms with E-state index in [2.05, 4.69) is 21.8 Å². The first-order valence-electron chi connectivity index (χ1n) is 12.3. The molecule has 2 heterocycles. The summed E-state index contributed by atoms with van der Waals surface area (Å²) in [7, 11) is 1.55. The van der Waals surface area contributed by atoms with Gasteiger partial charge in [-0.1, -0.05) is 35.8 Å². The molecule has 0 radical (unpaired) electrons. The van der Waals surface area contributed by atoms with E-state index in [1.807, 2.05) is 37.3 Å². The van der Waals surface area contributed by atoms with Crippen LogP contribution >= 0.6 is 23.2 Å². The smallest absolute Gasteiger partial charge is 0.137 e. The summed E-state index contributed by atoms with van der Waals surface area (Å²) >= 11 is 12.6. The van der Waals surface area contributed by atoms with E-state index in [1.54, 1.807) is 25.4 Å². The van der Waals surface area contributed by atoms with Gasteiger partial charge in [0.25, 0.3) is 0 Å². The zero-order chi connectivity index (χ0) is 26.4. The van der Waals surface area contributed by atoms with Crippen molar-refractivity contribution < 1.29 is 9.47 Å². The lowest BCUT2D eigenvalue weighted by atomic mass is 9.96. The summed E-state index contributed by atoms with van der Waals surface area (Å²) in [4.78, 5) is 7.04. The van der Waals surface area contributed by atoms with Crippen molar-refractivity contribution >= 4 is 40.4 Å². The number of hydrogen-bond acceptors (Lipinski definition) is 6. The molecule has 2 aromatic rings. The van der Waals surface area contributed by atoms with Crippen molar-refractivity contribution in [3.05, 3.63) is 87.6 Å². The number of allylic oxidation sites excluding steroid dienone is 2. The van der Waals surface area contributed by atoms with E-state index in [9.17, 15) is 0 Å². The predicted molar refractivity (Wildman–Crippen MR) is 154 cm³/mol. The summed E-state index contributed by atoms with van der Waals surface area (Å²) < 4.78 is 11.3. The van der Waals surface area contributed by atoms with E-state index in [-0.39, 0.29) is 0 Å². The number of likely N-dealkylation sites (tertiary alicyclic amines) is 1. The molecule has 2 aliphatic heterocycles. The van der Waals surface area contributed by atoms with E-state index in [1.165, 1.54) is 12.8 Å². The summed E-state index contributed by atoms with van der Waals surface area (Å²) in [6, 6.07) is 11.3. The SMILES string of the molecule is C=C1C=C(C(=N)Cc2cc(OC)c(Cl)cc2Cl)C(C)=CN=C1Nc1cccc(OCCN2CCCC2)c1. The van der Waals surface area contributed by atoms with Crippen LogP contribution in [0.15, 0.2) is 77.0 Å². The number of methoxy groups -OCH3 is 1. The van der Waals surface area contributed by atoms with E-state index >= 15 is 0 Å². The van der Waals surface area contributed by atoms with Gasteiger partial charge in [0.15, 0.2) is 0 Å². The average molecular weight is 540 g/mol. The third kappa shape index (κ3) is 7.04. The number of rotatable bonds is 9. The molecule has 0 atom stereocenters. The molecule has 1 saturated heterocycles. The molecule has 0 unspecified atom stereocenters. The molecule has 1 fully saturated rings. The lowest BCUT2D eigenvalue weighted by molar-refractivity contribution is 0.238. The second-order valence-electron chi connectivity index (χ2n) is 9.16. The van der Waals surface area contributed by atoms with Gasteiger partial charge in [0.2, 0.25) is 0 Å². The van der Waals surface area contributed by atoms with Crippen LogP contribution in [0.5, 0.6) is 11.5 Å². The van der Waals surface area contributed by atoms with Gasteiger partial charge in [-0.3, -0.25) is 4.90 Å². The monoisotopic (exact) mass is 538 g/mol. The normalized spacial score (nSPS) is 16.0. The first-order valence-corrected chi connectivity index (χ1v) is 13.1. The first kappa shape index (κ1) is 27.0. The van der Waals surface area contributed by atoms with E-state index < -0.39 is 0 Å². The molecule has 6 nitrogen and oxygen atoms in total. The molecule has 194 valence electrons. The van der Waals surface area contributed by atoms with E-state index in [0.717, 1.165) is 47.8 Å². The first-order chi connectivity index (χ1) is 17.8. The van der Waals surface area contributed by atoms with E-state index in [0.29, 0.717) is 45.9 Å². The summed E-state index contributed by atoms with van der Waals surface area (Å²) in [5.74, 6) is 1.95. The van der Waals surface area contributed by atoms with Crippen molar-refractivity contribution in [2.75, 3.05) is 38.7 Å². The highest BCUT2D eigenvalue weighted by Gasteiger charge is 2.17. The van der Waals surface area contributed by atoms with Gasteiger partial charge >= 0.3 is 0 Å². The molecule has 0 aromatic heterocycles. The molecule has 0 saturated carbocycles. The zero-order valence-electron chi connectivity index (χ0n) is 21.2. The fourth-order valence-corrected chi connectivity index (χ4v) is 4.88. The van der Waals surface area contributed by atoms with Gasteiger partial charge in [-0.15, -0.1) is 0 Å². The fraction of sp³-hybridized carbons (Fsp3) is 0.310. The quantitative estimate of drug-likeness (QED) is 0.339. The number of aliphatic imine (C=N–C) groups is 1. The maximum atomic E-state index is 8.78. The minimum absolute atomic E-state index is 0.316. The molecule has 0 spiro atoms. The number of amidine groups is 1. The van der Waals surface area contributed by atoms with Crippen LogP contribution in [0.3, 0.4) is 0 Å². The van der Waals surface area contributed by atoms with Gasteiger partial charge in [-0.05, 0) is 74.3 Å². The summed E-state index contributed by atoms with van der Waals surface area (Å²) in [6.45, 7) is 10.1. The topological polar surface area (TPSA) is 69.9 Å². The van der Waals surface area contributed by atoms with Crippen molar-refractivity contribution in [2.24, 2.45) is 4.99 Å². The molecule has 4 rings (SSSR count). The largest absolute Gasteiger partial charge is 0.495 e. The molecular formula is C29H32Cl2N4O2. The minimum Gasteiger partial charge on any atom is -0.495 e. The summed E-state index contributed by atoms with van der Waals surface area (Å²) in [6.07, 6.45) is 6.50. The Morgan fingerprint density at radius 1 is 1.16 bits per heavy atom. The Labute approximate surface area is 228 Å². The van der Waals surface area contributed by atoms with Crippen LogP contribution in [0.1, 0.15) is 25.3 Å². The fourth-order valence-electron chi connectivity index (χ4n) is 4.36. The zero-order valence-corrected chi connectivity index (χ0v) is 22.8. The second kappa shape index (κ2) is 12.5. The Balaban J connectivity index is 1.42. The molecule has 37 heavy (non-hydrogen) atoms. The van der Waals surface area contributed by atoms with E-state index in [4.69, 9.17) is 38.1 Å². The molecule has 2 aliphatic rings. The van der Waals surface area contributed by atoms with Crippen LogP contribution in [0.2, 0.25) is 10.0 Å². The predicted octanol–water partition coefficient (Wildman–Crippen LogP) is 6.95. The number of anilines is 1. The Morgan fingerprint density at radius 3 is 2.70 bits per heavy atom. The van der Waals surface area contributed by atoms with Crippen LogP contribution < -0.4 is 14.8 Å². The van der Waals surface area contributed by atoms with Crippen LogP contribution in [-0.4, -0.2) is 49.8 Å². The molecule has 0 amide bonds. The van der Waals surface area contributed by atoms with Crippen molar-refractivity contribution in [3.8, 4) is 11.5 Å². The van der Waals surface area contributed by atoms with Gasteiger partial charge in [0.05, 0.1) is 12.1 Å². The van der Waals surface area contributed by atoms with Crippen molar-refractivity contribution in [1.29, 1.82) is 5.41 Å². The van der Waals surface area contributed by atoms with Crippen molar-refractivity contribution in [1.82, 2.24) is 4.90 Å². The van der Waals surface area contributed by atoms with Gasteiger partial charge < -0.3 is 20.2 Å². The van der Waals surface area contributed by atoms with Crippen LogP contribution in [-0.2, 0) is 6.42 Å². The minimum atomic E-state index is 0.316. The molecule has 8 heteroatoms. The van der Waals surface area contributed by atoms with Crippen LogP contribution in [0.25, 0.3) is 0 Å². The average Bonchev–Trinajstić information content (AvgIpc) is 3.35. The van der Waals surface area contributed by atoms with Gasteiger partial charge in [0.1, 0.15) is 23.9 Å². The number of halogens is 2. The molecule has 2 aromatic carbocycles. The summed E-state index contributed by atoms with van der Waals surface area (Å²) in [5.41, 5.74) is 4.29. The summed E-state index contributed by atoms with van der Waals surface area (Å²) in [5, 5.41) is 13.1. The van der Waals surface area contributed by atoms with Gasteiger partial charge in [0, 0.05) is 52.8 Å². The highest BCUT2D eigenvalue weighted by Crippen LogP contribution is 2.32. The Bertz CT molecular complexity index is 1280. The number of nitrogens with one attached hydrogen (secondary N) is 2. The van der Waals surface area contributed by atoms with Crippen LogP contribution in [0, 0.1) is 5.41 Å². The number of ether oxygens (including phenoxy) is 2. The maximum absolute atomic E-state index is 8.78. The number of nitrogens with zero attached hydrogens (tertiary/aromatic N) is 2. The highest BCUT2D eigenvalue weighted by atomic mass is 35.5. The Morgan fingerprint density at radius 2 is 1.95 bits per heavy atom. The molecular weight excluding hydrogens is 507 g/mol. The third-order valence-corrected chi connectivity index (χ3v) is 7.07. The van der Waals surface area contributed by atoms with Crippen molar-refractivity contribution in [2.45, 2.75) is 26.2 Å². The second-order valence-corrected chi connectivity index (χ2v) is 9.97. The van der Waals surface area contributed by atoms with Gasteiger partial charge in [-0.25, -0.2) is 4.99 Å². The van der Waals surface area contributed by atoms with Crippen LogP contribution in [0.4, 0.5) is 5.69 Å². The lowest BCUT2D eigenvalue weighted by Gasteiger charge is -2.15. The van der Waals surface area contributed by atoms with Gasteiger partial charge in [-0.2, -0.15) is 0 Å². The van der Waals surface area contributed by atoms with Crippen molar-refractivity contribution in [3.63, 3.8) is 0 Å². The molecule has 0 aliphatic carbocycles. The standard InChI is InChI=1S/C29H32Cl2N4O2/c1-19-13-24(27(32)14-21-15-28(36-3)26(31)17-25(21)30)20(2)18-33-29(19)34-22-7-6-8-23(16-22)37-12-11-35-9-4-5-10-35/h6-8,13,15-18,32H,1,4-5,9-12,14H2,2-3H3,(H,33,34). The highest BCUT2D eigenvalue weighted by molar-refractivity contribution is 6.36. The third-order valence-electron chi connectivity index (χ3n) is 6.42. The lowest BCUT2D eigenvalue weighted by Crippen LogP contribution is -2.25. The Kier molecular flexibility index (Phi) is 9.09. The maximum Gasteiger partial charge on any atom is 0.137 e. The number of benzene rings is 2. The number of hydrogen-bond donors (Lipinski definition) is 2. The Hall–Kier alpha value is -3.06. The molecule has 2 N–H and O–H groups in total. The molecule has 0 bridgehead atoms.